The maximum Gasteiger partial charge on any atom is 0.179 e. The Kier molecular flexibility index (Phi) is 2.77. The monoisotopic (exact) mass is 261 g/mol. The van der Waals surface area contributed by atoms with E-state index in [1.54, 1.807) is 0 Å². The third-order valence-electron chi connectivity index (χ3n) is 4.14. The van der Waals surface area contributed by atoms with Crippen molar-refractivity contribution in [2.75, 3.05) is 0 Å². The fourth-order valence-corrected chi connectivity index (χ4v) is 3.53. The van der Waals surface area contributed by atoms with Crippen molar-refractivity contribution in [2.24, 2.45) is 0 Å². The highest BCUT2D eigenvalue weighted by Gasteiger charge is 2.31. The maximum absolute atomic E-state index is 5.52. The molecule has 3 nitrogen and oxygen atoms in total. The van der Waals surface area contributed by atoms with E-state index in [2.05, 4.69) is 27.5 Å². The summed E-state index contributed by atoms with van der Waals surface area (Å²) in [4.78, 5) is 7.97. The minimum absolute atomic E-state index is 0.133. The van der Waals surface area contributed by atoms with Crippen LogP contribution in [-0.2, 0) is 5.54 Å². The zero-order valence-corrected chi connectivity index (χ0v) is 11.8. The zero-order chi connectivity index (χ0) is 12.8. The Labute approximate surface area is 112 Å². The predicted molar refractivity (Wildman–Crippen MR) is 76.4 cm³/mol. The van der Waals surface area contributed by atoms with Crippen LogP contribution in [0.2, 0.25) is 0 Å². The Morgan fingerprint density at radius 2 is 2.00 bits per heavy atom. The molecule has 1 aliphatic carbocycles. The third-order valence-corrected chi connectivity index (χ3v) is 4.43. The maximum atomic E-state index is 5.52. The number of imidazole rings is 1. The first-order valence-electron chi connectivity index (χ1n) is 6.69. The lowest BCUT2D eigenvalue weighted by Crippen LogP contribution is -2.32. The number of aryl methyl sites for hydroxylation is 1. The van der Waals surface area contributed by atoms with E-state index in [-0.39, 0.29) is 5.54 Å². The molecule has 0 radical (unpaired) electrons. The van der Waals surface area contributed by atoms with Crippen LogP contribution in [-0.4, -0.2) is 14.5 Å². The Bertz CT molecular complexity index is 632. The third kappa shape index (κ3) is 1.79. The highest BCUT2D eigenvalue weighted by Crippen LogP contribution is 2.36. The van der Waals surface area contributed by atoms with Gasteiger partial charge in [0.1, 0.15) is 0 Å². The van der Waals surface area contributed by atoms with Crippen LogP contribution in [0, 0.1) is 11.7 Å². The first kappa shape index (κ1) is 11.9. The SMILES string of the molecule is Cc1ccc2[nH]c(=S)n(C3(C)CCCCC3)c2n1. The summed E-state index contributed by atoms with van der Waals surface area (Å²) >= 11 is 5.52. The predicted octanol–water partition coefficient (Wildman–Crippen LogP) is 4.08. The van der Waals surface area contributed by atoms with Crippen LogP contribution in [0.25, 0.3) is 11.2 Å². The minimum atomic E-state index is 0.133. The van der Waals surface area contributed by atoms with E-state index in [1.807, 2.05) is 13.0 Å². The number of fused-ring (bicyclic) bond motifs is 1. The molecule has 2 aromatic rings. The van der Waals surface area contributed by atoms with Gasteiger partial charge >= 0.3 is 0 Å². The molecule has 0 aromatic carbocycles. The van der Waals surface area contributed by atoms with Gasteiger partial charge in [-0.25, -0.2) is 4.98 Å². The molecule has 0 aliphatic heterocycles. The van der Waals surface area contributed by atoms with Gasteiger partial charge in [-0.05, 0) is 51.0 Å². The lowest BCUT2D eigenvalue weighted by molar-refractivity contribution is 0.221. The number of nitrogens with one attached hydrogen (secondary N) is 1. The van der Waals surface area contributed by atoms with Gasteiger partial charge in [0.05, 0.1) is 5.52 Å². The van der Waals surface area contributed by atoms with Crippen LogP contribution in [0.5, 0.6) is 0 Å². The molecule has 3 rings (SSSR count). The van der Waals surface area contributed by atoms with Crippen molar-refractivity contribution >= 4 is 23.4 Å². The van der Waals surface area contributed by atoms with E-state index in [9.17, 15) is 0 Å². The second kappa shape index (κ2) is 4.19. The summed E-state index contributed by atoms with van der Waals surface area (Å²) in [5.41, 5.74) is 3.25. The minimum Gasteiger partial charge on any atom is -0.329 e. The lowest BCUT2D eigenvalue weighted by Gasteiger charge is -2.35. The van der Waals surface area contributed by atoms with Crippen LogP contribution in [0.4, 0.5) is 0 Å². The van der Waals surface area contributed by atoms with Crippen molar-refractivity contribution in [3.8, 4) is 0 Å². The van der Waals surface area contributed by atoms with Gasteiger partial charge in [0.25, 0.3) is 0 Å². The van der Waals surface area contributed by atoms with Crippen LogP contribution >= 0.6 is 12.2 Å². The smallest absolute Gasteiger partial charge is 0.179 e. The summed E-state index contributed by atoms with van der Waals surface area (Å²) in [6.07, 6.45) is 6.32. The van der Waals surface area contributed by atoms with Crippen molar-refractivity contribution in [3.05, 3.63) is 22.6 Å². The molecule has 0 unspecified atom stereocenters. The molecule has 1 saturated carbocycles. The van der Waals surface area contributed by atoms with Crippen molar-refractivity contribution in [3.63, 3.8) is 0 Å². The van der Waals surface area contributed by atoms with Crippen molar-refractivity contribution in [1.29, 1.82) is 0 Å². The molecule has 4 heteroatoms. The fourth-order valence-electron chi connectivity index (χ4n) is 3.12. The van der Waals surface area contributed by atoms with Gasteiger partial charge in [0.2, 0.25) is 0 Å². The molecular formula is C14H19N3S. The average Bonchev–Trinajstić information content (AvgIpc) is 2.66. The largest absolute Gasteiger partial charge is 0.329 e. The van der Waals surface area contributed by atoms with Gasteiger partial charge < -0.3 is 4.98 Å². The number of aromatic amines is 1. The van der Waals surface area contributed by atoms with Crippen LogP contribution in [0.3, 0.4) is 0 Å². The van der Waals surface area contributed by atoms with E-state index in [1.165, 1.54) is 32.1 Å². The van der Waals surface area contributed by atoms with Crippen LogP contribution < -0.4 is 0 Å². The quantitative estimate of drug-likeness (QED) is 0.785. The normalized spacial score (nSPS) is 19.2. The summed E-state index contributed by atoms with van der Waals surface area (Å²) in [6.45, 7) is 4.35. The molecule has 0 bridgehead atoms. The fraction of sp³-hybridized carbons (Fsp3) is 0.571. The molecule has 96 valence electrons. The first-order chi connectivity index (χ1) is 8.60. The molecule has 0 spiro atoms. The Morgan fingerprint density at radius 3 is 2.72 bits per heavy atom. The number of nitrogens with zero attached hydrogens (tertiary/aromatic N) is 2. The van der Waals surface area contributed by atoms with Crippen molar-refractivity contribution in [2.45, 2.75) is 51.5 Å². The summed E-state index contributed by atoms with van der Waals surface area (Å²) in [7, 11) is 0. The van der Waals surface area contributed by atoms with E-state index < -0.39 is 0 Å². The molecule has 1 aliphatic rings. The number of aromatic nitrogens is 3. The Balaban J connectivity index is 2.24. The molecule has 0 atom stereocenters. The van der Waals surface area contributed by atoms with Crippen molar-refractivity contribution < 1.29 is 0 Å². The lowest BCUT2D eigenvalue weighted by atomic mass is 9.83. The first-order valence-corrected chi connectivity index (χ1v) is 7.10. The molecule has 0 amide bonds. The Hall–Kier alpha value is -1.16. The van der Waals surface area contributed by atoms with E-state index in [0.29, 0.717) is 0 Å². The summed E-state index contributed by atoms with van der Waals surface area (Å²) in [5.74, 6) is 0. The standard InChI is InChI=1S/C14H19N3S/c1-10-6-7-11-12(15-10)17(13(18)16-11)14(2)8-4-3-5-9-14/h6-7H,3-5,8-9H2,1-2H3,(H,16,18). The van der Waals surface area contributed by atoms with Crippen LogP contribution in [0.15, 0.2) is 12.1 Å². The number of H-pyrrole nitrogens is 1. The van der Waals surface area contributed by atoms with Gasteiger partial charge in [0.15, 0.2) is 10.4 Å². The summed E-state index contributed by atoms with van der Waals surface area (Å²) in [5, 5.41) is 0. The van der Waals surface area contributed by atoms with Gasteiger partial charge in [-0.15, -0.1) is 0 Å². The second-order valence-corrected chi connectivity index (χ2v) is 6.03. The molecule has 2 aromatic heterocycles. The van der Waals surface area contributed by atoms with E-state index in [4.69, 9.17) is 12.2 Å². The molecule has 1 fully saturated rings. The highest BCUT2D eigenvalue weighted by atomic mass is 32.1. The van der Waals surface area contributed by atoms with Gasteiger partial charge in [-0.1, -0.05) is 19.3 Å². The van der Waals surface area contributed by atoms with E-state index >= 15 is 0 Å². The molecule has 0 saturated heterocycles. The molecule has 18 heavy (non-hydrogen) atoms. The zero-order valence-electron chi connectivity index (χ0n) is 11.0. The summed E-state index contributed by atoms with van der Waals surface area (Å²) in [6, 6.07) is 4.11. The molecular weight excluding hydrogens is 242 g/mol. The van der Waals surface area contributed by atoms with Crippen molar-refractivity contribution in [1.82, 2.24) is 14.5 Å². The second-order valence-electron chi connectivity index (χ2n) is 5.65. The van der Waals surface area contributed by atoms with Gasteiger partial charge in [-0.2, -0.15) is 0 Å². The highest BCUT2D eigenvalue weighted by molar-refractivity contribution is 7.71. The molecule has 1 N–H and O–H groups in total. The average molecular weight is 261 g/mol. The van der Waals surface area contributed by atoms with E-state index in [0.717, 1.165) is 21.6 Å². The van der Waals surface area contributed by atoms with Gasteiger partial charge in [-0.3, -0.25) is 4.57 Å². The Morgan fingerprint density at radius 1 is 1.28 bits per heavy atom. The van der Waals surface area contributed by atoms with Gasteiger partial charge in [0, 0.05) is 11.2 Å². The summed E-state index contributed by atoms with van der Waals surface area (Å²) < 4.78 is 3.07. The number of hydrogen-bond donors (Lipinski definition) is 1. The topological polar surface area (TPSA) is 33.6 Å². The number of rotatable bonds is 1. The number of pyridine rings is 1. The van der Waals surface area contributed by atoms with Crippen LogP contribution in [0.1, 0.15) is 44.7 Å². The molecule has 2 heterocycles. The number of hydrogen-bond acceptors (Lipinski definition) is 2.